The molecule has 0 spiro atoms. The normalized spacial score (nSPS) is 10.7. The zero-order valence-corrected chi connectivity index (χ0v) is 11.2. The summed E-state index contributed by atoms with van der Waals surface area (Å²) in [6.45, 7) is 0. The van der Waals surface area contributed by atoms with E-state index in [1.54, 1.807) is 48.5 Å². The van der Waals surface area contributed by atoms with Crippen molar-refractivity contribution in [3.8, 4) is 5.75 Å². The van der Waals surface area contributed by atoms with E-state index < -0.39 is 0 Å². The Morgan fingerprint density at radius 1 is 0.905 bits per heavy atom. The zero-order valence-electron chi connectivity index (χ0n) is 11.2. The molecule has 4 nitrogen and oxygen atoms in total. The Morgan fingerprint density at radius 2 is 1.62 bits per heavy atom. The first-order valence-electron chi connectivity index (χ1n) is 6.48. The number of hydrogen-bond acceptors (Lipinski definition) is 4. The number of nitrogen functional groups attached to an aromatic ring is 2. The summed E-state index contributed by atoms with van der Waals surface area (Å²) in [6, 6.07) is 15.2. The molecule has 0 unspecified atom stereocenters. The van der Waals surface area contributed by atoms with Crippen LogP contribution in [-0.4, -0.2) is 10.9 Å². The zero-order chi connectivity index (χ0) is 15.0. The number of hydrogen-bond donors (Lipinski definition) is 3. The average molecular weight is 278 g/mol. The lowest BCUT2D eigenvalue weighted by Crippen LogP contribution is -2.06. The number of carbonyl (C=O) groups excluding carboxylic acids is 1. The smallest absolute Gasteiger partial charge is 0.195 e. The first-order valence-corrected chi connectivity index (χ1v) is 6.48. The molecule has 0 aliphatic carbocycles. The summed E-state index contributed by atoms with van der Waals surface area (Å²) in [6.07, 6.45) is 0. The van der Waals surface area contributed by atoms with E-state index in [4.69, 9.17) is 11.5 Å². The highest BCUT2D eigenvalue weighted by molar-refractivity contribution is 6.20. The van der Waals surface area contributed by atoms with Crippen molar-refractivity contribution in [2.75, 3.05) is 11.5 Å². The number of anilines is 2. The van der Waals surface area contributed by atoms with Crippen molar-refractivity contribution in [1.82, 2.24) is 0 Å². The van der Waals surface area contributed by atoms with Gasteiger partial charge in [0.1, 0.15) is 5.75 Å². The lowest BCUT2D eigenvalue weighted by atomic mass is 9.95. The molecule has 4 heteroatoms. The molecule has 5 N–H and O–H groups in total. The van der Waals surface area contributed by atoms with Gasteiger partial charge in [-0.05, 0) is 41.8 Å². The van der Waals surface area contributed by atoms with Crippen molar-refractivity contribution in [2.24, 2.45) is 0 Å². The number of benzene rings is 3. The van der Waals surface area contributed by atoms with Crippen LogP contribution in [0.2, 0.25) is 0 Å². The van der Waals surface area contributed by atoms with E-state index in [2.05, 4.69) is 0 Å². The summed E-state index contributed by atoms with van der Waals surface area (Å²) in [5, 5.41) is 11.3. The molecule has 0 aliphatic heterocycles. The van der Waals surface area contributed by atoms with Crippen LogP contribution >= 0.6 is 0 Å². The quantitative estimate of drug-likeness (QED) is 0.496. The van der Waals surface area contributed by atoms with E-state index in [1.807, 2.05) is 6.07 Å². The van der Waals surface area contributed by atoms with E-state index in [-0.39, 0.29) is 11.5 Å². The topological polar surface area (TPSA) is 89.3 Å². The minimum Gasteiger partial charge on any atom is -0.507 e. The Morgan fingerprint density at radius 3 is 2.33 bits per heavy atom. The number of phenolic OH excluding ortho intramolecular Hbond substituents is 1. The monoisotopic (exact) mass is 278 g/mol. The van der Waals surface area contributed by atoms with Gasteiger partial charge in [0.25, 0.3) is 0 Å². The van der Waals surface area contributed by atoms with Gasteiger partial charge < -0.3 is 16.6 Å². The van der Waals surface area contributed by atoms with Gasteiger partial charge in [-0.3, -0.25) is 4.79 Å². The van der Waals surface area contributed by atoms with Crippen LogP contribution in [0.15, 0.2) is 54.6 Å². The highest BCUT2D eigenvalue weighted by Gasteiger charge is 2.18. The second-order valence-electron chi connectivity index (χ2n) is 4.86. The van der Waals surface area contributed by atoms with Crippen molar-refractivity contribution in [3.63, 3.8) is 0 Å². The van der Waals surface area contributed by atoms with E-state index in [1.165, 1.54) is 0 Å². The Balaban J connectivity index is 2.26. The largest absolute Gasteiger partial charge is 0.507 e. The van der Waals surface area contributed by atoms with Crippen molar-refractivity contribution < 1.29 is 9.90 Å². The van der Waals surface area contributed by atoms with Gasteiger partial charge in [0, 0.05) is 22.3 Å². The summed E-state index contributed by atoms with van der Waals surface area (Å²) < 4.78 is 0. The van der Waals surface area contributed by atoms with Crippen LogP contribution in [0.3, 0.4) is 0 Å². The van der Waals surface area contributed by atoms with Crippen molar-refractivity contribution in [3.05, 3.63) is 65.7 Å². The van der Waals surface area contributed by atoms with Crippen LogP contribution < -0.4 is 11.5 Å². The van der Waals surface area contributed by atoms with E-state index >= 15 is 0 Å². The van der Waals surface area contributed by atoms with Gasteiger partial charge in [-0.25, -0.2) is 0 Å². The number of nitrogens with two attached hydrogens (primary N) is 2. The molecule has 21 heavy (non-hydrogen) atoms. The Bertz CT molecular complexity index is 839. The van der Waals surface area contributed by atoms with Crippen LogP contribution in [-0.2, 0) is 0 Å². The molecule has 3 aromatic carbocycles. The SMILES string of the molecule is Nc1ccc(C(=O)c2c(N)ccc3cccc(O)c23)cc1. The van der Waals surface area contributed by atoms with Gasteiger partial charge in [-0.15, -0.1) is 0 Å². The number of ketones is 1. The summed E-state index contributed by atoms with van der Waals surface area (Å²) >= 11 is 0. The molecule has 0 radical (unpaired) electrons. The highest BCUT2D eigenvalue weighted by atomic mass is 16.3. The number of fused-ring (bicyclic) bond motifs is 1. The summed E-state index contributed by atoms with van der Waals surface area (Å²) in [5.74, 6) is -0.196. The summed E-state index contributed by atoms with van der Waals surface area (Å²) in [5.41, 5.74) is 13.3. The average Bonchev–Trinajstić information content (AvgIpc) is 2.48. The first-order chi connectivity index (χ1) is 10.1. The lowest BCUT2D eigenvalue weighted by Gasteiger charge is -2.11. The minimum atomic E-state index is -0.236. The van der Waals surface area contributed by atoms with Gasteiger partial charge in [0.2, 0.25) is 0 Å². The molecule has 0 aromatic heterocycles. The minimum absolute atomic E-state index is 0.0404. The second kappa shape index (κ2) is 4.83. The standard InChI is InChI=1S/C17H14N2O2/c18-12-7-4-11(5-8-12)17(21)16-13(19)9-6-10-2-1-3-14(20)15(10)16/h1-9,20H,18-19H2. The Labute approximate surface area is 121 Å². The summed E-state index contributed by atoms with van der Waals surface area (Å²) in [7, 11) is 0. The Hall–Kier alpha value is -3.01. The number of rotatable bonds is 2. The molecule has 0 aliphatic rings. The molecular weight excluding hydrogens is 264 g/mol. The fourth-order valence-corrected chi connectivity index (χ4v) is 2.40. The maximum Gasteiger partial charge on any atom is 0.195 e. The number of carbonyl (C=O) groups is 1. The molecular formula is C17H14N2O2. The number of aromatic hydroxyl groups is 1. The Kier molecular flexibility index (Phi) is 2.99. The van der Waals surface area contributed by atoms with Gasteiger partial charge in [-0.2, -0.15) is 0 Å². The van der Waals surface area contributed by atoms with Crippen molar-refractivity contribution in [2.45, 2.75) is 0 Å². The summed E-state index contributed by atoms with van der Waals surface area (Å²) in [4.78, 5) is 12.7. The van der Waals surface area contributed by atoms with E-state index in [0.717, 1.165) is 5.39 Å². The highest BCUT2D eigenvalue weighted by Crippen LogP contribution is 2.33. The number of phenols is 1. The van der Waals surface area contributed by atoms with Crippen molar-refractivity contribution >= 4 is 27.9 Å². The van der Waals surface area contributed by atoms with Crippen LogP contribution in [0.4, 0.5) is 11.4 Å². The maximum atomic E-state index is 12.7. The van der Waals surface area contributed by atoms with Crippen molar-refractivity contribution in [1.29, 1.82) is 0 Å². The van der Waals surface area contributed by atoms with E-state index in [9.17, 15) is 9.90 Å². The van der Waals surface area contributed by atoms with Gasteiger partial charge in [0.05, 0.1) is 5.56 Å². The molecule has 0 saturated heterocycles. The van der Waals surface area contributed by atoms with Gasteiger partial charge in [-0.1, -0.05) is 18.2 Å². The van der Waals surface area contributed by atoms with Gasteiger partial charge in [0.15, 0.2) is 5.78 Å². The van der Waals surface area contributed by atoms with Gasteiger partial charge >= 0.3 is 0 Å². The second-order valence-corrected chi connectivity index (χ2v) is 4.86. The maximum absolute atomic E-state index is 12.7. The molecule has 3 aromatic rings. The van der Waals surface area contributed by atoms with E-state index in [0.29, 0.717) is 27.9 Å². The molecule has 0 saturated carbocycles. The molecule has 3 rings (SSSR count). The third-order valence-corrected chi connectivity index (χ3v) is 3.46. The molecule has 0 amide bonds. The molecule has 0 heterocycles. The molecule has 0 fully saturated rings. The molecule has 0 atom stereocenters. The predicted molar refractivity (Wildman–Crippen MR) is 84.3 cm³/mol. The van der Waals surface area contributed by atoms with Crippen LogP contribution in [0.5, 0.6) is 5.75 Å². The fourth-order valence-electron chi connectivity index (χ4n) is 2.40. The molecule has 0 bridgehead atoms. The van der Waals surface area contributed by atoms with Crippen LogP contribution in [0.25, 0.3) is 10.8 Å². The fraction of sp³-hybridized carbons (Fsp3) is 0. The third-order valence-electron chi connectivity index (χ3n) is 3.46. The predicted octanol–water partition coefficient (Wildman–Crippen LogP) is 2.94. The first kappa shape index (κ1) is 13.0. The third kappa shape index (κ3) is 2.17. The van der Waals surface area contributed by atoms with Crippen LogP contribution in [0.1, 0.15) is 15.9 Å². The lowest BCUT2D eigenvalue weighted by molar-refractivity contribution is 0.104. The van der Waals surface area contributed by atoms with Crippen LogP contribution in [0, 0.1) is 0 Å². The molecule has 104 valence electrons.